The molecule has 0 fully saturated rings. The maximum atomic E-state index is 6.02. The van der Waals surface area contributed by atoms with E-state index < -0.39 is 5.54 Å². The zero-order chi connectivity index (χ0) is 14.0. The molecule has 1 aromatic carbocycles. The van der Waals surface area contributed by atoms with E-state index in [0.717, 1.165) is 28.6 Å². The Labute approximate surface area is 112 Å². The van der Waals surface area contributed by atoms with Gasteiger partial charge in [-0.15, -0.1) is 0 Å². The Morgan fingerprint density at radius 3 is 2.47 bits per heavy atom. The molecule has 3 N–H and O–H groups in total. The van der Waals surface area contributed by atoms with Crippen LogP contribution >= 0.6 is 0 Å². The maximum absolute atomic E-state index is 6.02. The smallest absolute Gasteiger partial charge is 0.131 e. The second-order valence-electron chi connectivity index (χ2n) is 4.93. The molecule has 2 aromatic rings. The molecule has 1 aromatic heterocycles. The summed E-state index contributed by atoms with van der Waals surface area (Å²) >= 11 is 0. The summed E-state index contributed by atoms with van der Waals surface area (Å²) in [5.74, 6) is 2.21. The number of aromatic nitrogens is 2. The molecule has 0 aliphatic rings. The summed E-state index contributed by atoms with van der Waals surface area (Å²) in [5, 5.41) is 0. The summed E-state index contributed by atoms with van der Waals surface area (Å²) in [7, 11) is 3.25. The third-order valence-electron chi connectivity index (χ3n) is 2.89. The van der Waals surface area contributed by atoms with Crippen LogP contribution < -0.4 is 15.2 Å². The average molecular weight is 261 g/mol. The fourth-order valence-corrected chi connectivity index (χ4v) is 1.81. The van der Waals surface area contributed by atoms with Crippen molar-refractivity contribution in [1.82, 2.24) is 9.97 Å². The van der Waals surface area contributed by atoms with Gasteiger partial charge >= 0.3 is 0 Å². The number of imidazole rings is 1. The number of methoxy groups -OCH3 is 2. The molecule has 0 bridgehead atoms. The van der Waals surface area contributed by atoms with Crippen molar-refractivity contribution in [3.8, 4) is 22.8 Å². The van der Waals surface area contributed by atoms with Gasteiger partial charge in [0.25, 0.3) is 0 Å². The van der Waals surface area contributed by atoms with E-state index in [4.69, 9.17) is 15.2 Å². The first-order valence-electron chi connectivity index (χ1n) is 6.02. The molecule has 5 nitrogen and oxygen atoms in total. The average Bonchev–Trinajstić information content (AvgIpc) is 2.87. The number of nitrogens with two attached hydrogens (primary N) is 1. The Bertz CT molecular complexity index is 570. The minimum Gasteiger partial charge on any atom is -0.497 e. The molecule has 102 valence electrons. The van der Waals surface area contributed by atoms with Crippen molar-refractivity contribution in [3.05, 3.63) is 30.2 Å². The van der Waals surface area contributed by atoms with E-state index in [-0.39, 0.29) is 0 Å². The van der Waals surface area contributed by atoms with E-state index in [1.54, 1.807) is 20.4 Å². The Morgan fingerprint density at radius 2 is 1.95 bits per heavy atom. The van der Waals surface area contributed by atoms with Crippen LogP contribution in [0.5, 0.6) is 11.5 Å². The standard InChI is InChI=1S/C14H19N3O2/c1-14(2,15)13-16-8-11(17-13)10-6-5-9(18-3)7-12(10)19-4/h5-8H,15H2,1-4H3,(H,16,17). The summed E-state index contributed by atoms with van der Waals surface area (Å²) < 4.78 is 10.6. The molecular formula is C14H19N3O2. The van der Waals surface area contributed by atoms with Gasteiger partial charge in [0, 0.05) is 11.6 Å². The predicted octanol–water partition coefficient (Wildman–Crippen LogP) is 2.29. The number of ether oxygens (including phenoxy) is 2. The van der Waals surface area contributed by atoms with Crippen molar-refractivity contribution in [2.75, 3.05) is 14.2 Å². The molecule has 0 atom stereocenters. The molecule has 0 unspecified atom stereocenters. The highest BCUT2D eigenvalue weighted by Crippen LogP contribution is 2.32. The number of hydrogen-bond acceptors (Lipinski definition) is 4. The quantitative estimate of drug-likeness (QED) is 0.885. The number of rotatable bonds is 4. The number of hydrogen-bond donors (Lipinski definition) is 2. The molecular weight excluding hydrogens is 242 g/mol. The highest BCUT2D eigenvalue weighted by atomic mass is 16.5. The Balaban J connectivity index is 2.44. The zero-order valence-corrected chi connectivity index (χ0v) is 11.7. The maximum Gasteiger partial charge on any atom is 0.131 e. The lowest BCUT2D eigenvalue weighted by Gasteiger charge is -2.14. The van der Waals surface area contributed by atoms with E-state index in [0.29, 0.717) is 0 Å². The van der Waals surface area contributed by atoms with Gasteiger partial charge in [-0.2, -0.15) is 0 Å². The van der Waals surface area contributed by atoms with Crippen molar-refractivity contribution in [3.63, 3.8) is 0 Å². The first kappa shape index (κ1) is 13.4. The van der Waals surface area contributed by atoms with Crippen molar-refractivity contribution in [2.24, 2.45) is 5.73 Å². The summed E-state index contributed by atoms with van der Waals surface area (Å²) in [6, 6.07) is 5.65. The first-order valence-corrected chi connectivity index (χ1v) is 6.02. The predicted molar refractivity (Wildman–Crippen MR) is 74.3 cm³/mol. The third kappa shape index (κ3) is 2.71. The molecule has 5 heteroatoms. The molecule has 1 heterocycles. The zero-order valence-electron chi connectivity index (χ0n) is 11.7. The Morgan fingerprint density at radius 1 is 1.21 bits per heavy atom. The van der Waals surface area contributed by atoms with Crippen molar-refractivity contribution >= 4 is 0 Å². The van der Waals surface area contributed by atoms with Gasteiger partial charge in [-0.1, -0.05) is 0 Å². The molecule has 0 aliphatic carbocycles. The fourth-order valence-electron chi connectivity index (χ4n) is 1.81. The van der Waals surface area contributed by atoms with Crippen LogP contribution in [0.3, 0.4) is 0 Å². The second kappa shape index (κ2) is 4.93. The Hall–Kier alpha value is -2.01. The largest absolute Gasteiger partial charge is 0.497 e. The normalized spacial score (nSPS) is 11.4. The summed E-state index contributed by atoms with van der Waals surface area (Å²) in [6.45, 7) is 3.81. The number of nitrogens with one attached hydrogen (secondary N) is 1. The lowest BCUT2D eigenvalue weighted by atomic mass is 10.1. The van der Waals surface area contributed by atoms with Crippen LogP contribution in [0.25, 0.3) is 11.3 Å². The fraction of sp³-hybridized carbons (Fsp3) is 0.357. The molecule has 0 aliphatic heterocycles. The van der Waals surface area contributed by atoms with Gasteiger partial charge in [-0.3, -0.25) is 0 Å². The number of benzene rings is 1. The van der Waals surface area contributed by atoms with Crippen LogP contribution in [-0.4, -0.2) is 24.2 Å². The number of aromatic amines is 1. The first-order chi connectivity index (χ1) is 8.95. The van der Waals surface area contributed by atoms with Crippen LogP contribution in [0.1, 0.15) is 19.7 Å². The van der Waals surface area contributed by atoms with Gasteiger partial charge in [0.05, 0.1) is 31.6 Å². The van der Waals surface area contributed by atoms with Gasteiger partial charge in [-0.05, 0) is 26.0 Å². The summed E-state index contributed by atoms with van der Waals surface area (Å²) in [6.07, 6.45) is 1.76. The van der Waals surface area contributed by atoms with Crippen LogP contribution in [0, 0.1) is 0 Å². The van der Waals surface area contributed by atoms with Gasteiger partial charge in [-0.25, -0.2) is 4.98 Å². The van der Waals surface area contributed by atoms with Crippen molar-refractivity contribution < 1.29 is 9.47 Å². The molecule has 0 saturated heterocycles. The van der Waals surface area contributed by atoms with Crippen molar-refractivity contribution in [1.29, 1.82) is 0 Å². The lowest BCUT2D eigenvalue weighted by Crippen LogP contribution is -2.30. The second-order valence-corrected chi connectivity index (χ2v) is 4.93. The topological polar surface area (TPSA) is 73.2 Å². The number of nitrogens with zero attached hydrogens (tertiary/aromatic N) is 1. The highest BCUT2D eigenvalue weighted by molar-refractivity contribution is 5.68. The van der Waals surface area contributed by atoms with E-state index in [1.165, 1.54) is 0 Å². The molecule has 19 heavy (non-hydrogen) atoms. The molecule has 0 amide bonds. The molecule has 2 rings (SSSR count). The minimum absolute atomic E-state index is 0.502. The molecule has 0 saturated carbocycles. The van der Waals surface area contributed by atoms with Gasteiger partial charge in [0.1, 0.15) is 17.3 Å². The van der Waals surface area contributed by atoms with E-state index in [9.17, 15) is 0 Å². The SMILES string of the molecule is COc1ccc(-c2cnc(C(C)(C)N)[nH]2)c(OC)c1. The highest BCUT2D eigenvalue weighted by Gasteiger charge is 2.19. The lowest BCUT2D eigenvalue weighted by molar-refractivity contribution is 0.395. The van der Waals surface area contributed by atoms with Crippen molar-refractivity contribution in [2.45, 2.75) is 19.4 Å². The van der Waals surface area contributed by atoms with Gasteiger partial charge in [0.2, 0.25) is 0 Å². The van der Waals surface area contributed by atoms with E-state index >= 15 is 0 Å². The monoisotopic (exact) mass is 261 g/mol. The van der Waals surface area contributed by atoms with Gasteiger partial charge < -0.3 is 20.2 Å². The Kier molecular flexibility index (Phi) is 3.48. The minimum atomic E-state index is -0.502. The van der Waals surface area contributed by atoms with Crippen LogP contribution in [0.2, 0.25) is 0 Å². The third-order valence-corrected chi connectivity index (χ3v) is 2.89. The van der Waals surface area contributed by atoms with Crippen LogP contribution in [0.15, 0.2) is 24.4 Å². The van der Waals surface area contributed by atoms with E-state index in [2.05, 4.69) is 9.97 Å². The van der Waals surface area contributed by atoms with Gasteiger partial charge in [0.15, 0.2) is 0 Å². The van der Waals surface area contributed by atoms with E-state index in [1.807, 2.05) is 32.0 Å². The summed E-state index contributed by atoms with van der Waals surface area (Å²) in [4.78, 5) is 7.54. The van der Waals surface area contributed by atoms with Crippen LogP contribution in [-0.2, 0) is 5.54 Å². The molecule has 0 spiro atoms. The van der Waals surface area contributed by atoms with Crippen LogP contribution in [0.4, 0.5) is 0 Å². The molecule has 0 radical (unpaired) electrons. The number of H-pyrrole nitrogens is 1. The summed E-state index contributed by atoms with van der Waals surface area (Å²) in [5.41, 5.74) is 7.31.